The zero-order valence-electron chi connectivity index (χ0n) is 18.2. The molecular formula is C23H28FN5O3. The third-order valence-corrected chi connectivity index (χ3v) is 5.52. The fraction of sp³-hybridized carbons (Fsp3) is 0.391. The van der Waals surface area contributed by atoms with Gasteiger partial charge in [-0.15, -0.1) is 0 Å². The lowest BCUT2D eigenvalue weighted by molar-refractivity contribution is -0.122. The molecule has 1 fully saturated rings. The number of hydrogen-bond acceptors (Lipinski definition) is 5. The molecule has 3 amide bonds. The Morgan fingerprint density at radius 2 is 1.94 bits per heavy atom. The average molecular weight is 442 g/mol. The molecule has 0 saturated carbocycles. The number of pyridine rings is 1. The van der Waals surface area contributed by atoms with Crippen molar-refractivity contribution in [1.29, 1.82) is 0 Å². The van der Waals surface area contributed by atoms with Gasteiger partial charge in [0.2, 0.25) is 11.8 Å². The molecule has 4 N–H and O–H groups in total. The van der Waals surface area contributed by atoms with E-state index in [2.05, 4.69) is 15.6 Å². The lowest BCUT2D eigenvalue weighted by Crippen LogP contribution is -2.47. The van der Waals surface area contributed by atoms with Gasteiger partial charge in [0.05, 0.1) is 23.4 Å². The third-order valence-electron chi connectivity index (χ3n) is 5.52. The molecule has 3 rings (SSSR count). The van der Waals surface area contributed by atoms with Crippen molar-refractivity contribution >= 4 is 29.2 Å². The van der Waals surface area contributed by atoms with E-state index in [4.69, 9.17) is 5.73 Å². The summed E-state index contributed by atoms with van der Waals surface area (Å²) in [5.74, 6) is -1.76. The Morgan fingerprint density at radius 1 is 1.19 bits per heavy atom. The minimum absolute atomic E-state index is 0.118. The van der Waals surface area contributed by atoms with Crippen molar-refractivity contribution in [2.75, 3.05) is 23.3 Å². The minimum Gasteiger partial charge on any atom is -0.369 e. The third kappa shape index (κ3) is 5.60. The maximum atomic E-state index is 13.9. The standard InChI is InChI=1S/C23H28FN5O3/c1-14(2)20(28-22(31)17-7-3-4-8-18(17)24)23(32)27-16-9-10-19(26-12-16)29-11-5-6-15(13-29)21(25)30/h3-4,7-10,12,14-15,20H,5-6,11,13H2,1-2H3,(H2,25,30)(H,27,32)(H,28,31). The van der Waals surface area contributed by atoms with Crippen LogP contribution in [0.25, 0.3) is 0 Å². The van der Waals surface area contributed by atoms with E-state index < -0.39 is 23.7 Å². The van der Waals surface area contributed by atoms with E-state index >= 15 is 0 Å². The lowest BCUT2D eigenvalue weighted by atomic mass is 9.97. The van der Waals surface area contributed by atoms with E-state index in [1.807, 2.05) is 4.90 Å². The molecule has 9 heteroatoms. The number of benzene rings is 1. The number of carbonyl (C=O) groups excluding carboxylic acids is 3. The number of amides is 3. The maximum Gasteiger partial charge on any atom is 0.254 e. The zero-order chi connectivity index (χ0) is 23.3. The summed E-state index contributed by atoms with van der Waals surface area (Å²) >= 11 is 0. The maximum absolute atomic E-state index is 13.9. The molecule has 2 aromatic rings. The summed E-state index contributed by atoms with van der Waals surface area (Å²) in [6, 6.07) is 8.23. The van der Waals surface area contributed by atoms with Gasteiger partial charge in [-0.3, -0.25) is 14.4 Å². The van der Waals surface area contributed by atoms with Crippen molar-refractivity contribution in [2.24, 2.45) is 17.6 Å². The Morgan fingerprint density at radius 3 is 2.56 bits per heavy atom. The molecule has 1 saturated heterocycles. The Kier molecular flexibility index (Phi) is 7.40. The molecule has 32 heavy (non-hydrogen) atoms. The van der Waals surface area contributed by atoms with Gasteiger partial charge in [0, 0.05) is 13.1 Å². The van der Waals surface area contributed by atoms with Crippen molar-refractivity contribution in [2.45, 2.75) is 32.7 Å². The number of piperidine rings is 1. The van der Waals surface area contributed by atoms with Gasteiger partial charge in [-0.05, 0) is 43.0 Å². The number of nitrogens with one attached hydrogen (secondary N) is 2. The van der Waals surface area contributed by atoms with Crippen molar-refractivity contribution < 1.29 is 18.8 Å². The van der Waals surface area contributed by atoms with Crippen LogP contribution in [-0.2, 0) is 9.59 Å². The zero-order valence-corrected chi connectivity index (χ0v) is 18.2. The molecule has 8 nitrogen and oxygen atoms in total. The van der Waals surface area contributed by atoms with Crippen LogP contribution in [0.3, 0.4) is 0 Å². The number of nitrogens with two attached hydrogens (primary N) is 1. The first-order valence-electron chi connectivity index (χ1n) is 10.6. The molecule has 170 valence electrons. The summed E-state index contributed by atoms with van der Waals surface area (Å²) in [6.07, 6.45) is 3.15. The van der Waals surface area contributed by atoms with Crippen LogP contribution in [0.5, 0.6) is 0 Å². The number of primary amides is 1. The van der Waals surface area contributed by atoms with Gasteiger partial charge in [-0.2, -0.15) is 0 Å². The van der Waals surface area contributed by atoms with E-state index in [0.717, 1.165) is 19.4 Å². The quantitative estimate of drug-likeness (QED) is 0.610. The molecule has 0 bridgehead atoms. The van der Waals surface area contributed by atoms with E-state index in [0.29, 0.717) is 18.1 Å². The van der Waals surface area contributed by atoms with Crippen molar-refractivity contribution in [3.8, 4) is 0 Å². The van der Waals surface area contributed by atoms with Crippen LogP contribution in [0.2, 0.25) is 0 Å². The summed E-state index contributed by atoms with van der Waals surface area (Å²) in [5.41, 5.74) is 5.78. The van der Waals surface area contributed by atoms with Crippen LogP contribution in [0.4, 0.5) is 15.9 Å². The second kappa shape index (κ2) is 10.2. The van der Waals surface area contributed by atoms with Crippen LogP contribution in [-0.4, -0.2) is 41.8 Å². The van der Waals surface area contributed by atoms with Gasteiger partial charge < -0.3 is 21.3 Å². The second-order valence-corrected chi connectivity index (χ2v) is 8.26. The van der Waals surface area contributed by atoms with Gasteiger partial charge in [0.25, 0.3) is 5.91 Å². The Balaban J connectivity index is 1.64. The fourth-order valence-electron chi connectivity index (χ4n) is 3.68. The van der Waals surface area contributed by atoms with Gasteiger partial charge in [-0.25, -0.2) is 9.37 Å². The van der Waals surface area contributed by atoms with Gasteiger partial charge in [-0.1, -0.05) is 26.0 Å². The first kappa shape index (κ1) is 23.2. The van der Waals surface area contributed by atoms with Crippen molar-refractivity contribution in [3.05, 3.63) is 54.0 Å². The van der Waals surface area contributed by atoms with Gasteiger partial charge in [0.15, 0.2) is 0 Å². The Bertz CT molecular complexity index is 980. The van der Waals surface area contributed by atoms with Crippen molar-refractivity contribution in [1.82, 2.24) is 10.3 Å². The lowest BCUT2D eigenvalue weighted by Gasteiger charge is -2.32. The number of nitrogens with zero attached hydrogens (tertiary/aromatic N) is 2. The number of rotatable bonds is 7. The fourth-order valence-corrected chi connectivity index (χ4v) is 3.68. The molecule has 2 heterocycles. The van der Waals surface area contributed by atoms with Crippen LogP contribution in [0.15, 0.2) is 42.6 Å². The molecule has 0 aliphatic carbocycles. The summed E-state index contributed by atoms with van der Waals surface area (Å²) in [4.78, 5) is 43.1. The average Bonchev–Trinajstić information content (AvgIpc) is 2.78. The van der Waals surface area contributed by atoms with Crippen LogP contribution < -0.4 is 21.3 Å². The second-order valence-electron chi connectivity index (χ2n) is 8.26. The molecule has 0 radical (unpaired) electrons. The molecule has 2 unspecified atom stereocenters. The molecule has 1 aromatic carbocycles. The summed E-state index contributed by atoms with van der Waals surface area (Å²) in [6.45, 7) is 4.88. The molecule has 1 aromatic heterocycles. The first-order valence-corrected chi connectivity index (χ1v) is 10.6. The Hall–Kier alpha value is -3.49. The molecule has 1 aliphatic heterocycles. The topological polar surface area (TPSA) is 117 Å². The minimum atomic E-state index is -0.861. The highest BCUT2D eigenvalue weighted by Crippen LogP contribution is 2.22. The molecule has 2 atom stereocenters. The summed E-state index contributed by atoms with van der Waals surface area (Å²) in [5, 5.41) is 5.36. The predicted octanol–water partition coefficient (Wildman–Crippen LogP) is 2.32. The number of aromatic nitrogens is 1. The normalized spacial score (nSPS) is 17.0. The molecule has 0 spiro atoms. The predicted molar refractivity (Wildman–Crippen MR) is 119 cm³/mol. The van der Waals surface area contributed by atoms with E-state index in [1.165, 1.54) is 24.4 Å². The van der Waals surface area contributed by atoms with Crippen molar-refractivity contribution in [3.63, 3.8) is 0 Å². The highest BCUT2D eigenvalue weighted by Gasteiger charge is 2.27. The summed E-state index contributed by atoms with van der Waals surface area (Å²) in [7, 11) is 0. The number of halogens is 1. The highest BCUT2D eigenvalue weighted by atomic mass is 19.1. The molecular weight excluding hydrogens is 413 g/mol. The van der Waals surface area contributed by atoms with E-state index in [-0.39, 0.29) is 23.3 Å². The number of carbonyl (C=O) groups is 3. The monoisotopic (exact) mass is 441 g/mol. The van der Waals surface area contributed by atoms with Gasteiger partial charge in [0.1, 0.15) is 17.7 Å². The van der Waals surface area contributed by atoms with Crippen LogP contribution in [0.1, 0.15) is 37.0 Å². The van der Waals surface area contributed by atoms with E-state index in [1.54, 1.807) is 32.0 Å². The smallest absolute Gasteiger partial charge is 0.254 e. The van der Waals surface area contributed by atoms with Crippen LogP contribution >= 0.6 is 0 Å². The van der Waals surface area contributed by atoms with Crippen LogP contribution in [0, 0.1) is 17.7 Å². The molecule has 1 aliphatic rings. The Labute approximate surface area is 186 Å². The number of hydrogen-bond donors (Lipinski definition) is 3. The first-order chi connectivity index (χ1) is 15.3. The summed E-state index contributed by atoms with van der Waals surface area (Å²) < 4.78 is 13.9. The highest BCUT2D eigenvalue weighted by molar-refractivity contribution is 6.01. The van der Waals surface area contributed by atoms with E-state index in [9.17, 15) is 18.8 Å². The van der Waals surface area contributed by atoms with Gasteiger partial charge >= 0.3 is 0 Å². The number of anilines is 2. The SMILES string of the molecule is CC(C)C(NC(=O)c1ccccc1F)C(=O)Nc1ccc(N2CCCC(C(N)=O)C2)nc1. The largest absolute Gasteiger partial charge is 0.369 e.